The van der Waals surface area contributed by atoms with Crippen molar-refractivity contribution in [3.05, 3.63) is 83.0 Å². The highest BCUT2D eigenvalue weighted by atomic mass is 35.5. The van der Waals surface area contributed by atoms with Crippen molar-refractivity contribution in [1.29, 1.82) is 0 Å². The molecule has 1 atom stereocenters. The van der Waals surface area contributed by atoms with E-state index in [4.69, 9.17) is 32.2 Å². The minimum Gasteiger partial charge on any atom is -0.487 e. The molecule has 0 radical (unpaired) electrons. The highest BCUT2D eigenvalue weighted by Gasteiger charge is 2.15. The lowest BCUT2D eigenvalue weighted by Crippen LogP contribution is -2.14. The molecule has 9 nitrogen and oxygen atoms in total. The van der Waals surface area contributed by atoms with Gasteiger partial charge in [0.25, 0.3) is 0 Å². The highest BCUT2D eigenvalue weighted by Crippen LogP contribution is 2.35. The first kappa shape index (κ1) is 26.5. The third kappa shape index (κ3) is 6.52. The lowest BCUT2D eigenvalue weighted by molar-refractivity contribution is 0.143. The zero-order valence-electron chi connectivity index (χ0n) is 19.5. The summed E-state index contributed by atoms with van der Waals surface area (Å²) in [7, 11) is 1.60. The van der Waals surface area contributed by atoms with Gasteiger partial charge >= 0.3 is 0 Å². The molecule has 2 aromatic heterocycles. The summed E-state index contributed by atoms with van der Waals surface area (Å²) >= 11 is 6.49. The molecule has 0 fully saturated rings. The number of aromatic nitrogens is 3. The van der Waals surface area contributed by atoms with Gasteiger partial charge in [-0.2, -0.15) is 0 Å². The summed E-state index contributed by atoms with van der Waals surface area (Å²) in [6, 6.07) is 13.9. The molecule has 10 heteroatoms. The molecule has 2 heterocycles. The number of hydrogen-bond donors (Lipinski definition) is 1. The number of alkyl halides is 1. The first-order valence-corrected chi connectivity index (χ1v) is 11.2. The molecule has 0 bridgehead atoms. The summed E-state index contributed by atoms with van der Waals surface area (Å²) in [4.78, 5) is 20.2. The molecular weight excluding hydrogens is 484 g/mol. The van der Waals surface area contributed by atoms with Gasteiger partial charge in [-0.1, -0.05) is 23.6 Å². The van der Waals surface area contributed by atoms with Crippen LogP contribution in [-0.4, -0.2) is 46.9 Å². The SMILES string of the molecule is C#Cc1cccc(Nc2ncnc3cc(OCCOC)c(OCC(Cl)n4ccc(=O)cc4)cc23)c1.O. The van der Waals surface area contributed by atoms with E-state index in [9.17, 15) is 4.79 Å². The van der Waals surface area contributed by atoms with Crippen molar-refractivity contribution in [1.82, 2.24) is 14.5 Å². The molecule has 3 N–H and O–H groups in total. The van der Waals surface area contributed by atoms with E-state index in [2.05, 4.69) is 21.2 Å². The average Bonchev–Trinajstić information content (AvgIpc) is 2.88. The van der Waals surface area contributed by atoms with E-state index < -0.39 is 5.50 Å². The van der Waals surface area contributed by atoms with Crippen LogP contribution >= 0.6 is 11.6 Å². The molecule has 0 aliphatic carbocycles. The zero-order chi connectivity index (χ0) is 24.6. The van der Waals surface area contributed by atoms with Crippen LogP contribution in [-0.2, 0) is 4.74 Å². The summed E-state index contributed by atoms with van der Waals surface area (Å²) < 4.78 is 18.7. The van der Waals surface area contributed by atoms with Crippen LogP contribution in [0.25, 0.3) is 10.9 Å². The second-order valence-corrected chi connectivity index (χ2v) is 7.96. The molecule has 0 spiro atoms. The second-order valence-electron chi connectivity index (χ2n) is 7.46. The average molecular weight is 509 g/mol. The van der Waals surface area contributed by atoms with E-state index in [1.807, 2.05) is 24.3 Å². The van der Waals surface area contributed by atoms with Gasteiger partial charge < -0.3 is 29.6 Å². The topological polar surface area (TPSA) is 119 Å². The van der Waals surface area contributed by atoms with Gasteiger partial charge in [0.05, 0.1) is 12.1 Å². The first-order valence-electron chi connectivity index (χ1n) is 10.8. The Labute approximate surface area is 212 Å². The largest absolute Gasteiger partial charge is 0.487 e. The Hall–Kier alpha value is -4.10. The minimum atomic E-state index is -0.547. The van der Waals surface area contributed by atoms with Crippen molar-refractivity contribution >= 4 is 34.0 Å². The fourth-order valence-corrected chi connectivity index (χ4v) is 3.50. The minimum absolute atomic E-state index is 0. The molecule has 186 valence electrons. The van der Waals surface area contributed by atoms with Crippen LogP contribution in [0.15, 0.2) is 72.0 Å². The van der Waals surface area contributed by atoms with Crippen molar-refractivity contribution in [3.63, 3.8) is 0 Å². The van der Waals surface area contributed by atoms with E-state index in [0.717, 1.165) is 16.6 Å². The summed E-state index contributed by atoms with van der Waals surface area (Å²) in [6.45, 7) is 0.865. The number of terminal acetylenes is 1. The van der Waals surface area contributed by atoms with Gasteiger partial charge in [-0.05, 0) is 24.3 Å². The maximum absolute atomic E-state index is 11.4. The Balaban J connectivity index is 0.00000361. The van der Waals surface area contributed by atoms with Crippen LogP contribution in [0.2, 0.25) is 0 Å². The van der Waals surface area contributed by atoms with Crippen molar-refractivity contribution in [2.45, 2.75) is 5.50 Å². The van der Waals surface area contributed by atoms with E-state index in [-0.39, 0.29) is 17.5 Å². The number of hydrogen-bond acceptors (Lipinski definition) is 7. The van der Waals surface area contributed by atoms with Crippen molar-refractivity contribution in [2.24, 2.45) is 0 Å². The molecule has 0 saturated carbocycles. The Bertz CT molecular complexity index is 1400. The maximum Gasteiger partial charge on any atom is 0.181 e. The summed E-state index contributed by atoms with van der Waals surface area (Å²) in [5, 5.41) is 4.02. The predicted octanol–water partition coefficient (Wildman–Crippen LogP) is 3.53. The molecule has 1 unspecified atom stereocenters. The number of ether oxygens (including phenoxy) is 3. The molecule has 36 heavy (non-hydrogen) atoms. The summed E-state index contributed by atoms with van der Waals surface area (Å²) in [5.41, 5.74) is 1.57. The molecule has 0 amide bonds. The molecule has 0 aliphatic heterocycles. The number of nitrogens with one attached hydrogen (secondary N) is 1. The normalized spacial score (nSPS) is 11.2. The molecule has 0 saturated heterocycles. The smallest absolute Gasteiger partial charge is 0.181 e. The number of methoxy groups -OCH3 is 1. The monoisotopic (exact) mass is 508 g/mol. The zero-order valence-corrected chi connectivity index (χ0v) is 20.2. The number of halogens is 1. The number of pyridine rings is 1. The molecule has 4 aromatic rings. The van der Waals surface area contributed by atoms with E-state index in [1.54, 1.807) is 36.2 Å². The second kappa shape index (κ2) is 12.6. The Morgan fingerprint density at radius 1 is 1.08 bits per heavy atom. The summed E-state index contributed by atoms with van der Waals surface area (Å²) in [6.07, 6.45) is 10.2. The van der Waals surface area contributed by atoms with Gasteiger partial charge in [-0.3, -0.25) is 4.79 Å². The number of nitrogens with zero attached hydrogens (tertiary/aromatic N) is 3. The Kier molecular flexibility index (Phi) is 9.25. The van der Waals surface area contributed by atoms with Crippen LogP contribution in [0, 0.1) is 12.3 Å². The van der Waals surface area contributed by atoms with E-state index in [0.29, 0.717) is 36.0 Å². The number of rotatable bonds is 10. The molecule has 4 rings (SSSR count). The number of fused-ring (bicyclic) bond motifs is 1. The summed E-state index contributed by atoms with van der Waals surface area (Å²) in [5.74, 6) is 4.17. The van der Waals surface area contributed by atoms with Crippen LogP contribution in [0.4, 0.5) is 11.5 Å². The number of anilines is 2. The molecule has 2 aromatic carbocycles. The van der Waals surface area contributed by atoms with Gasteiger partial charge in [0.2, 0.25) is 0 Å². The number of benzene rings is 2. The molecular formula is C26H25ClN4O5. The fraction of sp³-hybridized carbons (Fsp3) is 0.192. The Morgan fingerprint density at radius 3 is 2.61 bits per heavy atom. The van der Waals surface area contributed by atoms with Crippen LogP contribution in [0.5, 0.6) is 11.5 Å². The molecule has 0 aliphatic rings. The lowest BCUT2D eigenvalue weighted by atomic mass is 10.2. The van der Waals surface area contributed by atoms with Gasteiger partial charge in [0, 0.05) is 54.3 Å². The van der Waals surface area contributed by atoms with E-state index in [1.165, 1.54) is 18.5 Å². The van der Waals surface area contributed by atoms with Gasteiger partial charge in [-0.25, -0.2) is 9.97 Å². The van der Waals surface area contributed by atoms with Gasteiger partial charge in [-0.15, -0.1) is 6.42 Å². The third-order valence-corrected chi connectivity index (χ3v) is 5.41. The van der Waals surface area contributed by atoms with Crippen LogP contribution in [0.1, 0.15) is 11.1 Å². The predicted molar refractivity (Wildman–Crippen MR) is 139 cm³/mol. The highest BCUT2D eigenvalue weighted by molar-refractivity contribution is 6.19. The van der Waals surface area contributed by atoms with Crippen molar-refractivity contribution in [3.8, 4) is 23.8 Å². The van der Waals surface area contributed by atoms with Gasteiger partial charge in [0.15, 0.2) is 16.9 Å². The van der Waals surface area contributed by atoms with Crippen LogP contribution in [0.3, 0.4) is 0 Å². The van der Waals surface area contributed by atoms with Crippen molar-refractivity contribution in [2.75, 3.05) is 32.2 Å². The third-order valence-electron chi connectivity index (χ3n) is 5.06. The Morgan fingerprint density at radius 2 is 1.86 bits per heavy atom. The standard InChI is InChI=1S/C26H23ClN4O4.H2O/c1-3-18-5-4-6-19(13-18)30-26-21-14-23(35-16-25(27)31-9-7-20(32)8-10-31)24(34-12-11-33-2)15-22(21)28-17-29-26;/h1,4-10,13-15,17,25H,11-12,16H2,2H3,(H,28,29,30);1H2. The maximum atomic E-state index is 11.4. The van der Waals surface area contributed by atoms with Crippen LogP contribution < -0.4 is 20.2 Å². The van der Waals surface area contributed by atoms with E-state index >= 15 is 0 Å². The van der Waals surface area contributed by atoms with Gasteiger partial charge in [0.1, 0.15) is 30.9 Å². The van der Waals surface area contributed by atoms with Crippen molar-refractivity contribution < 1.29 is 19.7 Å². The first-order chi connectivity index (χ1) is 17.1. The lowest BCUT2D eigenvalue weighted by Gasteiger charge is -2.18. The fourth-order valence-electron chi connectivity index (χ4n) is 3.30. The quantitative estimate of drug-likeness (QED) is 0.198.